The average molecular weight is 539 g/mol. The molecule has 1 saturated carbocycles. The molecule has 0 heterocycles. The molecule has 1 aliphatic carbocycles. The zero-order chi connectivity index (χ0) is 25.1. The van der Waals surface area contributed by atoms with Gasteiger partial charge in [-0.05, 0) is 71.6 Å². The monoisotopic (exact) mass is 537 g/mol. The maximum absolute atomic E-state index is 7.19. The first-order valence-corrected chi connectivity index (χ1v) is 17.1. The van der Waals surface area contributed by atoms with Gasteiger partial charge in [0.05, 0.1) is 12.1 Å². The molecule has 0 aliphatic heterocycles. The van der Waals surface area contributed by atoms with Crippen LogP contribution in [0.25, 0.3) is 0 Å². The Morgan fingerprint density at radius 2 is 1.65 bits per heavy atom. The highest BCUT2D eigenvalue weighted by atomic mass is 35.5. The van der Waals surface area contributed by atoms with E-state index in [4.69, 9.17) is 27.6 Å². The Kier molecular flexibility index (Phi) is 9.67. The molecule has 0 bridgehead atoms. The van der Waals surface area contributed by atoms with Gasteiger partial charge in [0.2, 0.25) is 0 Å². The number of thioether (sulfide) groups is 1. The minimum atomic E-state index is -2.09. The van der Waals surface area contributed by atoms with Crippen molar-refractivity contribution in [3.63, 3.8) is 0 Å². The quantitative estimate of drug-likeness (QED) is 0.321. The standard InChI is InChI=1S/C28H41Cl2NOSSi/c1-19(2)33-25-13-9-12-24(25)31-26(20-14-16-22(29)17-15-20)27(21-10-8-11-23(30)18-21)32-34(6,7)28(3,4)5/h8,10-11,14-19,24-27,31H,9,12-13H2,1-7H3/t24?,25?,26-,27-/m1/s1. The van der Waals surface area contributed by atoms with E-state index in [9.17, 15) is 0 Å². The van der Waals surface area contributed by atoms with Gasteiger partial charge in [0, 0.05) is 21.3 Å². The molecule has 1 fully saturated rings. The van der Waals surface area contributed by atoms with Crippen molar-refractivity contribution in [2.45, 2.75) is 101 Å². The Bertz CT molecular complexity index is 929. The van der Waals surface area contributed by atoms with Crippen molar-refractivity contribution in [3.8, 4) is 0 Å². The van der Waals surface area contributed by atoms with Gasteiger partial charge in [-0.1, -0.05) is 88.5 Å². The van der Waals surface area contributed by atoms with E-state index in [1.54, 1.807) is 0 Å². The summed E-state index contributed by atoms with van der Waals surface area (Å²) < 4.78 is 7.19. The number of nitrogens with one attached hydrogen (secondary N) is 1. The number of hydrogen-bond donors (Lipinski definition) is 1. The fourth-order valence-corrected chi connectivity index (χ4v) is 7.39. The van der Waals surface area contributed by atoms with Crippen LogP contribution in [0.3, 0.4) is 0 Å². The zero-order valence-corrected chi connectivity index (χ0v) is 25.0. The first-order chi connectivity index (χ1) is 15.9. The molecule has 2 aromatic rings. The first kappa shape index (κ1) is 28.1. The van der Waals surface area contributed by atoms with Crippen LogP contribution in [-0.4, -0.2) is 24.9 Å². The third-order valence-electron chi connectivity index (χ3n) is 7.23. The molecular formula is C28H41Cl2NOSSi. The van der Waals surface area contributed by atoms with Gasteiger partial charge in [-0.15, -0.1) is 0 Å². The molecular weight excluding hydrogens is 497 g/mol. The fraction of sp³-hybridized carbons (Fsp3) is 0.571. The molecule has 188 valence electrons. The number of hydrogen-bond acceptors (Lipinski definition) is 3. The maximum atomic E-state index is 7.19. The normalized spacial score (nSPS) is 21.1. The summed E-state index contributed by atoms with van der Waals surface area (Å²) in [7, 11) is -2.09. The number of benzene rings is 2. The van der Waals surface area contributed by atoms with Crippen molar-refractivity contribution in [2.24, 2.45) is 0 Å². The summed E-state index contributed by atoms with van der Waals surface area (Å²) >= 11 is 14.9. The lowest BCUT2D eigenvalue weighted by molar-refractivity contribution is 0.130. The van der Waals surface area contributed by atoms with E-state index in [-0.39, 0.29) is 17.2 Å². The van der Waals surface area contributed by atoms with Gasteiger partial charge in [0.15, 0.2) is 8.32 Å². The van der Waals surface area contributed by atoms with E-state index in [1.165, 1.54) is 24.8 Å². The van der Waals surface area contributed by atoms with Crippen LogP contribution in [0.15, 0.2) is 48.5 Å². The largest absolute Gasteiger partial charge is 0.408 e. The summed E-state index contributed by atoms with van der Waals surface area (Å²) in [6, 6.07) is 16.9. The topological polar surface area (TPSA) is 21.3 Å². The molecule has 0 radical (unpaired) electrons. The Labute approximate surface area is 222 Å². The van der Waals surface area contributed by atoms with Gasteiger partial charge in [-0.3, -0.25) is 0 Å². The predicted octanol–water partition coefficient (Wildman–Crippen LogP) is 9.45. The highest BCUT2D eigenvalue weighted by Gasteiger charge is 2.42. The fourth-order valence-electron chi connectivity index (χ4n) is 4.39. The number of rotatable bonds is 9. The van der Waals surface area contributed by atoms with Crippen LogP contribution in [-0.2, 0) is 4.43 Å². The van der Waals surface area contributed by atoms with Crippen LogP contribution in [0.1, 0.15) is 77.2 Å². The summed E-state index contributed by atoms with van der Waals surface area (Å²) in [5.41, 5.74) is 2.32. The second kappa shape index (κ2) is 11.7. The van der Waals surface area contributed by atoms with Crippen LogP contribution in [0.4, 0.5) is 0 Å². The van der Waals surface area contributed by atoms with Crippen LogP contribution in [0.5, 0.6) is 0 Å². The minimum absolute atomic E-state index is 0.00298. The average Bonchev–Trinajstić information content (AvgIpc) is 3.16. The molecule has 2 aromatic carbocycles. The summed E-state index contributed by atoms with van der Waals surface area (Å²) in [6.45, 7) is 16.1. The molecule has 3 rings (SSSR count). The van der Waals surface area contributed by atoms with E-state index in [1.807, 2.05) is 24.3 Å². The lowest BCUT2D eigenvalue weighted by atomic mass is 9.94. The maximum Gasteiger partial charge on any atom is 0.193 e. The third-order valence-corrected chi connectivity index (χ3v) is 13.6. The molecule has 0 amide bonds. The van der Waals surface area contributed by atoms with Crippen LogP contribution in [0.2, 0.25) is 28.2 Å². The molecule has 6 heteroatoms. The van der Waals surface area contributed by atoms with Crippen LogP contribution >= 0.6 is 35.0 Å². The van der Waals surface area contributed by atoms with Crippen LogP contribution in [0, 0.1) is 0 Å². The van der Waals surface area contributed by atoms with Gasteiger partial charge in [0.25, 0.3) is 0 Å². The first-order valence-electron chi connectivity index (χ1n) is 12.5. The highest BCUT2D eigenvalue weighted by molar-refractivity contribution is 8.00. The van der Waals surface area contributed by atoms with E-state index < -0.39 is 8.32 Å². The molecule has 2 unspecified atom stereocenters. The van der Waals surface area contributed by atoms with E-state index in [0.29, 0.717) is 16.5 Å². The van der Waals surface area contributed by atoms with Crippen molar-refractivity contribution < 1.29 is 4.43 Å². The number of halogens is 2. The van der Waals surface area contributed by atoms with Gasteiger partial charge in [-0.2, -0.15) is 11.8 Å². The van der Waals surface area contributed by atoms with Gasteiger partial charge >= 0.3 is 0 Å². The molecule has 0 spiro atoms. The molecule has 1 aliphatic rings. The van der Waals surface area contributed by atoms with Gasteiger partial charge in [0.1, 0.15) is 0 Å². The Hall–Kier alpha value is -0.493. The zero-order valence-electron chi connectivity index (χ0n) is 21.7. The lowest BCUT2D eigenvalue weighted by Gasteiger charge is -2.43. The lowest BCUT2D eigenvalue weighted by Crippen LogP contribution is -2.46. The molecule has 0 saturated heterocycles. The minimum Gasteiger partial charge on any atom is -0.408 e. The highest BCUT2D eigenvalue weighted by Crippen LogP contribution is 2.45. The molecule has 34 heavy (non-hydrogen) atoms. The molecule has 1 N–H and O–H groups in total. The Balaban J connectivity index is 2.06. The Morgan fingerprint density at radius 3 is 2.24 bits per heavy atom. The van der Waals surface area contributed by atoms with Crippen molar-refractivity contribution in [1.29, 1.82) is 0 Å². The molecule has 4 atom stereocenters. The van der Waals surface area contributed by atoms with E-state index >= 15 is 0 Å². The van der Waals surface area contributed by atoms with Crippen molar-refractivity contribution in [3.05, 3.63) is 69.7 Å². The van der Waals surface area contributed by atoms with E-state index in [2.05, 4.69) is 89.1 Å². The van der Waals surface area contributed by atoms with Gasteiger partial charge in [-0.25, -0.2) is 0 Å². The smallest absolute Gasteiger partial charge is 0.193 e. The van der Waals surface area contributed by atoms with Crippen molar-refractivity contribution in [1.82, 2.24) is 5.32 Å². The molecule has 2 nitrogen and oxygen atoms in total. The third kappa shape index (κ3) is 7.27. The summed E-state index contributed by atoms with van der Waals surface area (Å²) in [6.07, 6.45) is 3.57. The second-order valence-electron chi connectivity index (χ2n) is 11.3. The summed E-state index contributed by atoms with van der Waals surface area (Å²) in [5, 5.41) is 6.91. The van der Waals surface area contributed by atoms with Gasteiger partial charge < -0.3 is 9.74 Å². The summed E-state index contributed by atoms with van der Waals surface area (Å²) in [5.74, 6) is 0. The van der Waals surface area contributed by atoms with Crippen molar-refractivity contribution in [2.75, 3.05) is 0 Å². The Morgan fingerprint density at radius 1 is 0.971 bits per heavy atom. The molecule has 0 aromatic heterocycles. The SMILES string of the molecule is CC(C)SC1CCCC1N[C@H](c1ccc(Cl)cc1)[C@H](O[Si](C)(C)C(C)(C)C)c1cccc(Cl)c1. The second-order valence-corrected chi connectivity index (χ2v) is 18.8. The predicted molar refractivity (Wildman–Crippen MR) is 154 cm³/mol. The van der Waals surface area contributed by atoms with E-state index in [0.717, 1.165) is 15.6 Å². The van der Waals surface area contributed by atoms with Crippen LogP contribution < -0.4 is 5.32 Å². The summed E-state index contributed by atoms with van der Waals surface area (Å²) in [4.78, 5) is 0. The van der Waals surface area contributed by atoms with Crippen molar-refractivity contribution >= 4 is 43.3 Å².